The van der Waals surface area contributed by atoms with E-state index in [0.717, 1.165) is 0 Å². The van der Waals surface area contributed by atoms with E-state index >= 15 is 0 Å². The standard InChI is InChI=1S/C21H18N2O4/c1-22-16-9-5-3-7-12(16)18(24)14(20(22)26)11-15-19(25)13-8-4-6-10-17(13)23(2)21(15)27/h3-10,24-25H,11H2,1-2H3. The van der Waals surface area contributed by atoms with Gasteiger partial charge in [0, 0.05) is 31.3 Å². The van der Waals surface area contributed by atoms with Crippen molar-refractivity contribution >= 4 is 21.8 Å². The van der Waals surface area contributed by atoms with Crippen LogP contribution in [-0.4, -0.2) is 19.3 Å². The number of nitrogens with zero attached hydrogens (tertiary/aromatic N) is 2. The first-order valence-electron chi connectivity index (χ1n) is 8.51. The Morgan fingerprint density at radius 3 is 1.48 bits per heavy atom. The summed E-state index contributed by atoms with van der Waals surface area (Å²) in [5.74, 6) is -0.327. The maximum atomic E-state index is 12.8. The molecule has 4 aromatic rings. The van der Waals surface area contributed by atoms with Crippen molar-refractivity contribution < 1.29 is 10.2 Å². The summed E-state index contributed by atoms with van der Waals surface area (Å²) in [6, 6.07) is 14.0. The van der Waals surface area contributed by atoms with Crippen molar-refractivity contribution in [1.82, 2.24) is 9.13 Å². The minimum Gasteiger partial charge on any atom is -0.507 e. The van der Waals surface area contributed by atoms with Gasteiger partial charge in [0.2, 0.25) is 0 Å². The number of fused-ring (bicyclic) bond motifs is 2. The van der Waals surface area contributed by atoms with E-state index in [2.05, 4.69) is 0 Å². The van der Waals surface area contributed by atoms with E-state index in [4.69, 9.17) is 0 Å². The topological polar surface area (TPSA) is 84.5 Å². The molecule has 4 rings (SSSR count). The minimum atomic E-state index is -0.402. The lowest BCUT2D eigenvalue weighted by Crippen LogP contribution is -2.26. The summed E-state index contributed by atoms with van der Waals surface area (Å²) in [6.07, 6.45) is -0.160. The van der Waals surface area contributed by atoms with Crippen LogP contribution in [0.25, 0.3) is 21.8 Å². The Morgan fingerprint density at radius 1 is 0.704 bits per heavy atom. The zero-order chi connectivity index (χ0) is 19.3. The van der Waals surface area contributed by atoms with E-state index < -0.39 is 11.1 Å². The van der Waals surface area contributed by atoms with Gasteiger partial charge >= 0.3 is 0 Å². The molecule has 0 spiro atoms. The number of benzene rings is 2. The molecule has 0 unspecified atom stereocenters. The third-order valence-corrected chi connectivity index (χ3v) is 5.09. The Bertz CT molecular complexity index is 1230. The Balaban J connectivity index is 2.02. The lowest BCUT2D eigenvalue weighted by atomic mass is 10.0. The maximum absolute atomic E-state index is 12.8. The van der Waals surface area contributed by atoms with Crippen molar-refractivity contribution in [3.63, 3.8) is 0 Å². The summed E-state index contributed by atoms with van der Waals surface area (Å²) >= 11 is 0. The van der Waals surface area contributed by atoms with Gasteiger partial charge in [0.05, 0.1) is 22.2 Å². The molecule has 0 amide bonds. The number of para-hydroxylation sites is 2. The van der Waals surface area contributed by atoms with Crippen LogP contribution < -0.4 is 11.1 Å². The molecule has 6 nitrogen and oxygen atoms in total. The van der Waals surface area contributed by atoms with Crippen molar-refractivity contribution in [2.75, 3.05) is 0 Å². The second-order valence-corrected chi connectivity index (χ2v) is 6.59. The van der Waals surface area contributed by atoms with Crippen LogP contribution in [0.1, 0.15) is 11.1 Å². The Hall–Kier alpha value is -3.54. The number of aromatic hydroxyl groups is 2. The average molecular weight is 362 g/mol. The molecule has 0 aliphatic heterocycles. The first-order valence-corrected chi connectivity index (χ1v) is 8.51. The Kier molecular flexibility index (Phi) is 3.77. The van der Waals surface area contributed by atoms with Gasteiger partial charge in [0.1, 0.15) is 11.5 Å². The van der Waals surface area contributed by atoms with Crippen LogP contribution in [-0.2, 0) is 20.5 Å². The summed E-state index contributed by atoms with van der Waals surface area (Å²) in [5, 5.41) is 22.4. The molecule has 0 aliphatic carbocycles. The van der Waals surface area contributed by atoms with Crippen LogP contribution in [0.2, 0.25) is 0 Å². The molecule has 2 N–H and O–H groups in total. The van der Waals surface area contributed by atoms with Crippen LogP contribution in [0.4, 0.5) is 0 Å². The molecule has 0 bridgehead atoms. The highest BCUT2D eigenvalue weighted by molar-refractivity contribution is 5.88. The van der Waals surface area contributed by atoms with Gasteiger partial charge in [0.15, 0.2) is 0 Å². The van der Waals surface area contributed by atoms with Crippen molar-refractivity contribution in [2.24, 2.45) is 14.1 Å². The fourth-order valence-electron chi connectivity index (χ4n) is 3.58. The summed E-state index contributed by atoms with van der Waals surface area (Å²) in [7, 11) is 3.23. The lowest BCUT2D eigenvalue weighted by molar-refractivity contribution is 0.465. The lowest BCUT2D eigenvalue weighted by Gasteiger charge is -2.14. The quantitative estimate of drug-likeness (QED) is 0.573. The van der Waals surface area contributed by atoms with Crippen LogP contribution in [0.3, 0.4) is 0 Å². The highest BCUT2D eigenvalue weighted by Gasteiger charge is 2.20. The smallest absolute Gasteiger partial charge is 0.258 e. The molecule has 0 atom stereocenters. The second kappa shape index (κ2) is 6.02. The number of aryl methyl sites for hydroxylation is 2. The molecule has 0 aliphatic rings. The van der Waals surface area contributed by atoms with E-state index in [1.165, 1.54) is 9.13 Å². The molecule has 136 valence electrons. The molecule has 2 aromatic carbocycles. The third-order valence-electron chi connectivity index (χ3n) is 5.09. The van der Waals surface area contributed by atoms with Crippen molar-refractivity contribution in [3.8, 4) is 11.5 Å². The molecule has 2 heterocycles. The van der Waals surface area contributed by atoms with Gasteiger partial charge in [-0.15, -0.1) is 0 Å². The normalized spacial score (nSPS) is 11.3. The van der Waals surface area contributed by atoms with E-state index in [9.17, 15) is 19.8 Å². The van der Waals surface area contributed by atoms with E-state index in [-0.39, 0.29) is 29.0 Å². The largest absolute Gasteiger partial charge is 0.507 e. The molecular formula is C21H18N2O4. The molecular weight excluding hydrogens is 344 g/mol. The van der Waals surface area contributed by atoms with Crippen LogP contribution in [0, 0.1) is 0 Å². The van der Waals surface area contributed by atoms with Gasteiger partial charge in [-0.1, -0.05) is 24.3 Å². The predicted molar refractivity (Wildman–Crippen MR) is 105 cm³/mol. The van der Waals surface area contributed by atoms with E-state index in [1.54, 1.807) is 62.6 Å². The number of aromatic nitrogens is 2. The first-order chi connectivity index (χ1) is 12.9. The first kappa shape index (κ1) is 16.9. The number of rotatable bonds is 2. The second-order valence-electron chi connectivity index (χ2n) is 6.59. The SMILES string of the molecule is Cn1c(=O)c(Cc2c(O)c3ccccc3n(C)c2=O)c(O)c2ccccc21. The van der Waals surface area contributed by atoms with Crippen LogP contribution in [0.5, 0.6) is 11.5 Å². The molecule has 6 heteroatoms. The van der Waals surface area contributed by atoms with Gasteiger partial charge < -0.3 is 19.3 Å². The molecule has 0 saturated carbocycles. The Labute approximate surface area is 154 Å². The summed E-state index contributed by atoms with van der Waals surface area (Å²) < 4.78 is 2.87. The zero-order valence-electron chi connectivity index (χ0n) is 14.9. The highest BCUT2D eigenvalue weighted by Crippen LogP contribution is 2.31. The third kappa shape index (κ3) is 2.41. The predicted octanol–water partition coefficient (Wildman–Crippen LogP) is 2.39. The van der Waals surface area contributed by atoms with Crippen molar-refractivity contribution in [3.05, 3.63) is 80.4 Å². The highest BCUT2D eigenvalue weighted by atomic mass is 16.3. The summed E-state index contributed by atoms with van der Waals surface area (Å²) in [4.78, 5) is 25.6. The Morgan fingerprint density at radius 2 is 1.07 bits per heavy atom. The molecule has 0 fully saturated rings. The summed E-state index contributed by atoms with van der Waals surface area (Å²) in [6.45, 7) is 0. The average Bonchev–Trinajstić information content (AvgIpc) is 2.70. The number of hydrogen-bond acceptors (Lipinski definition) is 4. The van der Waals surface area contributed by atoms with Gasteiger partial charge in [0.25, 0.3) is 11.1 Å². The van der Waals surface area contributed by atoms with Crippen molar-refractivity contribution in [1.29, 1.82) is 0 Å². The maximum Gasteiger partial charge on any atom is 0.258 e. The molecule has 0 saturated heterocycles. The molecule has 27 heavy (non-hydrogen) atoms. The van der Waals surface area contributed by atoms with Crippen LogP contribution >= 0.6 is 0 Å². The number of hydrogen-bond donors (Lipinski definition) is 2. The molecule has 2 aromatic heterocycles. The van der Waals surface area contributed by atoms with Gasteiger partial charge in [-0.2, -0.15) is 0 Å². The summed E-state index contributed by atoms with van der Waals surface area (Å²) in [5.41, 5.74) is 0.554. The van der Waals surface area contributed by atoms with Crippen molar-refractivity contribution in [2.45, 2.75) is 6.42 Å². The van der Waals surface area contributed by atoms with E-state index in [0.29, 0.717) is 21.8 Å². The minimum absolute atomic E-state index is 0.0823. The monoisotopic (exact) mass is 362 g/mol. The van der Waals surface area contributed by atoms with Gasteiger partial charge in [-0.3, -0.25) is 9.59 Å². The van der Waals surface area contributed by atoms with Gasteiger partial charge in [-0.05, 0) is 24.3 Å². The molecule has 0 radical (unpaired) electrons. The van der Waals surface area contributed by atoms with Crippen LogP contribution in [0.15, 0.2) is 58.1 Å². The van der Waals surface area contributed by atoms with E-state index in [1.807, 2.05) is 0 Å². The zero-order valence-corrected chi connectivity index (χ0v) is 14.9. The number of pyridine rings is 2. The van der Waals surface area contributed by atoms with Gasteiger partial charge in [-0.25, -0.2) is 0 Å². The fourth-order valence-corrected chi connectivity index (χ4v) is 3.58. The fraction of sp³-hybridized carbons (Fsp3) is 0.143.